The summed E-state index contributed by atoms with van der Waals surface area (Å²) in [6.45, 7) is 10.7. The van der Waals surface area contributed by atoms with Crippen LogP contribution in [0.2, 0.25) is 0 Å². The minimum atomic E-state index is -0.587. The number of rotatable bonds is 5. The van der Waals surface area contributed by atoms with E-state index in [0.717, 1.165) is 39.0 Å². The predicted molar refractivity (Wildman–Crippen MR) is 85.8 cm³/mol. The first-order valence-electron chi connectivity index (χ1n) is 9.16. The van der Waals surface area contributed by atoms with Gasteiger partial charge in [-0.25, -0.2) is 4.39 Å². The van der Waals surface area contributed by atoms with E-state index >= 15 is 0 Å². The van der Waals surface area contributed by atoms with E-state index in [1.54, 1.807) is 0 Å². The van der Waals surface area contributed by atoms with Gasteiger partial charge in [0.25, 0.3) is 0 Å². The highest BCUT2D eigenvalue weighted by atomic mass is 19.1. The third-order valence-corrected chi connectivity index (χ3v) is 6.98. The molecule has 1 aliphatic carbocycles. The van der Waals surface area contributed by atoms with Crippen molar-refractivity contribution in [1.29, 1.82) is 0 Å². The molecule has 0 aromatic rings. The second-order valence-electron chi connectivity index (χ2n) is 8.95. The van der Waals surface area contributed by atoms with Gasteiger partial charge in [-0.15, -0.1) is 0 Å². The van der Waals surface area contributed by atoms with E-state index in [9.17, 15) is 4.39 Å². The third kappa shape index (κ3) is 2.51. The average molecular weight is 310 g/mol. The molecule has 3 aliphatic heterocycles. The maximum Gasteiger partial charge on any atom is 0.120 e. The molecule has 4 unspecified atom stereocenters. The van der Waals surface area contributed by atoms with Gasteiger partial charge in [0, 0.05) is 42.7 Å². The third-order valence-electron chi connectivity index (χ3n) is 6.98. The van der Waals surface area contributed by atoms with Gasteiger partial charge in [-0.1, -0.05) is 0 Å². The molecule has 126 valence electrons. The lowest BCUT2D eigenvalue weighted by atomic mass is 9.93. The predicted octanol–water partition coefficient (Wildman–Crippen LogP) is 2.84. The van der Waals surface area contributed by atoms with Crippen molar-refractivity contribution in [3.63, 3.8) is 0 Å². The van der Waals surface area contributed by atoms with Crippen LogP contribution < -0.4 is 0 Å². The lowest BCUT2D eigenvalue weighted by molar-refractivity contribution is 0.00943. The van der Waals surface area contributed by atoms with Gasteiger partial charge >= 0.3 is 0 Å². The van der Waals surface area contributed by atoms with Gasteiger partial charge in [-0.2, -0.15) is 0 Å². The molecule has 4 rings (SSSR count). The van der Waals surface area contributed by atoms with Crippen LogP contribution in [0.4, 0.5) is 4.39 Å². The van der Waals surface area contributed by atoms with E-state index in [4.69, 9.17) is 4.74 Å². The van der Waals surface area contributed by atoms with Crippen molar-refractivity contribution in [1.82, 2.24) is 9.80 Å². The van der Waals surface area contributed by atoms with Crippen LogP contribution in [0.3, 0.4) is 0 Å². The quantitative estimate of drug-likeness (QED) is 0.776. The Balaban J connectivity index is 1.31. The molecule has 3 heterocycles. The molecule has 3 nitrogen and oxygen atoms in total. The molecule has 0 aromatic carbocycles. The lowest BCUT2D eigenvalue weighted by Crippen LogP contribution is -2.46. The van der Waals surface area contributed by atoms with Crippen molar-refractivity contribution >= 4 is 0 Å². The van der Waals surface area contributed by atoms with Crippen LogP contribution in [0.5, 0.6) is 0 Å². The van der Waals surface area contributed by atoms with Gasteiger partial charge in [-0.3, -0.25) is 9.80 Å². The molecule has 0 amide bonds. The molecule has 1 saturated carbocycles. The van der Waals surface area contributed by atoms with Crippen molar-refractivity contribution in [2.45, 2.75) is 82.8 Å². The number of hydrogen-bond acceptors (Lipinski definition) is 3. The molecular formula is C18H31FN2O. The van der Waals surface area contributed by atoms with E-state index in [1.807, 2.05) is 0 Å². The van der Waals surface area contributed by atoms with Gasteiger partial charge in [-0.05, 0) is 52.9 Å². The van der Waals surface area contributed by atoms with Crippen molar-refractivity contribution in [3.05, 3.63) is 0 Å². The molecular weight excluding hydrogens is 279 g/mol. The Morgan fingerprint density at radius 2 is 2.09 bits per heavy atom. The highest BCUT2D eigenvalue weighted by Gasteiger charge is 2.57. The van der Waals surface area contributed by atoms with E-state index in [2.05, 4.69) is 30.6 Å². The molecule has 4 heteroatoms. The fraction of sp³-hybridized carbons (Fsp3) is 1.00. The van der Waals surface area contributed by atoms with Gasteiger partial charge in [0.05, 0.1) is 12.7 Å². The van der Waals surface area contributed by atoms with Crippen molar-refractivity contribution in [3.8, 4) is 0 Å². The second kappa shape index (κ2) is 5.15. The first-order valence-corrected chi connectivity index (χ1v) is 9.16. The number of fused-ring (bicyclic) bond motifs is 2. The minimum absolute atomic E-state index is 0.0499. The highest BCUT2D eigenvalue weighted by molar-refractivity contribution is 5.09. The molecule has 22 heavy (non-hydrogen) atoms. The fourth-order valence-corrected chi connectivity index (χ4v) is 4.88. The SMILES string of the molecule is CC(CCC(C)(C)N1CC(F)C2(CC2)C1)N1CC2CC1CO2. The molecule has 4 aliphatic rings. The maximum atomic E-state index is 14.2. The zero-order valence-corrected chi connectivity index (χ0v) is 14.4. The van der Waals surface area contributed by atoms with Crippen molar-refractivity contribution < 1.29 is 9.13 Å². The summed E-state index contributed by atoms with van der Waals surface area (Å²) in [5.41, 5.74) is 0.175. The number of halogens is 1. The number of nitrogens with zero attached hydrogens (tertiary/aromatic N) is 2. The van der Waals surface area contributed by atoms with Crippen LogP contribution in [0, 0.1) is 5.41 Å². The molecule has 0 aromatic heterocycles. The Bertz CT molecular complexity index is 437. The zero-order chi connectivity index (χ0) is 15.5. The van der Waals surface area contributed by atoms with Crippen LogP contribution in [-0.4, -0.2) is 65.9 Å². The summed E-state index contributed by atoms with van der Waals surface area (Å²) >= 11 is 0. The van der Waals surface area contributed by atoms with Gasteiger partial charge in [0.2, 0.25) is 0 Å². The van der Waals surface area contributed by atoms with Crippen molar-refractivity contribution in [2.75, 3.05) is 26.2 Å². The fourth-order valence-electron chi connectivity index (χ4n) is 4.88. The summed E-state index contributed by atoms with van der Waals surface area (Å²) in [6.07, 6.45) is 5.70. The Morgan fingerprint density at radius 3 is 2.64 bits per heavy atom. The molecule has 4 atom stereocenters. The second-order valence-corrected chi connectivity index (χ2v) is 8.95. The van der Waals surface area contributed by atoms with Crippen LogP contribution in [-0.2, 0) is 4.74 Å². The molecule has 2 bridgehead atoms. The molecule has 4 fully saturated rings. The topological polar surface area (TPSA) is 15.7 Å². The normalized spacial score (nSPS) is 39.0. The molecule has 0 N–H and O–H groups in total. The monoisotopic (exact) mass is 310 g/mol. The summed E-state index contributed by atoms with van der Waals surface area (Å²) < 4.78 is 19.9. The van der Waals surface area contributed by atoms with E-state index in [1.165, 1.54) is 12.8 Å². The first kappa shape index (κ1) is 15.3. The smallest absolute Gasteiger partial charge is 0.120 e. The Hall–Kier alpha value is -0.190. The van der Waals surface area contributed by atoms with E-state index in [0.29, 0.717) is 24.7 Å². The summed E-state index contributed by atoms with van der Waals surface area (Å²) in [7, 11) is 0. The first-order chi connectivity index (χ1) is 10.4. The van der Waals surface area contributed by atoms with E-state index < -0.39 is 6.17 Å². The number of hydrogen-bond donors (Lipinski definition) is 0. The van der Waals surface area contributed by atoms with Gasteiger partial charge in [0.15, 0.2) is 0 Å². The Morgan fingerprint density at radius 1 is 1.32 bits per heavy atom. The minimum Gasteiger partial charge on any atom is -0.375 e. The maximum absolute atomic E-state index is 14.2. The van der Waals surface area contributed by atoms with Crippen LogP contribution in [0.1, 0.15) is 52.9 Å². The summed E-state index contributed by atoms with van der Waals surface area (Å²) in [5, 5.41) is 0. The number of likely N-dealkylation sites (tertiary alicyclic amines) is 2. The highest BCUT2D eigenvalue weighted by Crippen LogP contribution is 2.55. The number of ether oxygens (including phenoxy) is 1. The van der Waals surface area contributed by atoms with Gasteiger partial charge in [0.1, 0.15) is 6.17 Å². The van der Waals surface area contributed by atoms with Gasteiger partial charge < -0.3 is 4.74 Å². The molecule has 1 spiro atoms. The van der Waals surface area contributed by atoms with Crippen LogP contribution in [0.25, 0.3) is 0 Å². The standard InChI is InChI=1S/C18H31FN2O/c1-13(21-9-15-8-14(21)11-22-15)4-5-17(2,3)20-10-16(19)18(12-20)6-7-18/h13-16H,4-12H2,1-3H3. The zero-order valence-electron chi connectivity index (χ0n) is 14.4. The summed E-state index contributed by atoms with van der Waals surface area (Å²) in [5.74, 6) is 0. The largest absolute Gasteiger partial charge is 0.375 e. The van der Waals surface area contributed by atoms with Crippen LogP contribution >= 0.6 is 0 Å². The van der Waals surface area contributed by atoms with Crippen molar-refractivity contribution in [2.24, 2.45) is 5.41 Å². The number of morpholine rings is 1. The molecule has 3 saturated heterocycles. The molecule has 0 radical (unpaired) electrons. The lowest BCUT2D eigenvalue weighted by Gasteiger charge is -2.39. The number of alkyl halides is 1. The summed E-state index contributed by atoms with van der Waals surface area (Å²) in [6, 6.07) is 1.27. The van der Waals surface area contributed by atoms with E-state index in [-0.39, 0.29) is 11.0 Å². The Labute approximate surface area is 134 Å². The average Bonchev–Trinajstić information content (AvgIpc) is 2.84. The Kier molecular flexibility index (Phi) is 3.59. The van der Waals surface area contributed by atoms with Crippen LogP contribution in [0.15, 0.2) is 0 Å². The summed E-state index contributed by atoms with van der Waals surface area (Å²) in [4.78, 5) is 5.07.